The first kappa shape index (κ1) is 19.0. The molecule has 0 spiro atoms. The fourth-order valence-corrected chi connectivity index (χ4v) is 3.37. The first-order chi connectivity index (χ1) is 13.8. The van der Waals surface area contributed by atoms with Gasteiger partial charge in [0, 0.05) is 31.0 Å². The van der Waals surface area contributed by atoms with E-state index in [1.54, 1.807) is 23.1 Å². The monoisotopic (exact) mass is 401 g/mol. The van der Waals surface area contributed by atoms with E-state index in [2.05, 4.69) is 9.97 Å². The van der Waals surface area contributed by atoms with Gasteiger partial charge in [0.05, 0.1) is 5.56 Å². The highest BCUT2D eigenvalue weighted by Crippen LogP contribution is 2.34. The van der Waals surface area contributed by atoms with Gasteiger partial charge in [-0.2, -0.15) is 13.2 Å². The number of amides is 1. The molecule has 0 atom stereocenters. The number of hydrogen-bond acceptors (Lipinski definition) is 3. The minimum absolute atomic E-state index is 0.0793. The quantitative estimate of drug-likeness (QED) is 0.594. The summed E-state index contributed by atoms with van der Waals surface area (Å²) >= 11 is 0. The second kappa shape index (κ2) is 7.27. The van der Waals surface area contributed by atoms with E-state index in [9.17, 15) is 22.4 Å². The van der Waals surface area contributed by atoms with E-state index in [0.717, 1.165) is 23.3 Å². The molecule has 0 saturated carbocycles. The van der Waals surface area contributed by atoms with Gasteiger partial charge in [-0.15, -0.1) is 0 Å². The molecule has 2 aromatic carbocycles. The largest absolute Gasteiger partial charge is 0.416 e. The Labute approximate surface area is 163 Å². The molecule has 1 aromatic heterocycles. The lowest BCUT2D eigenvalue weighted by Crippen LogP contribution is -2.36. The summed E-state index contributed by atoms with van der Waals surface area (Å²) in [5.74, 6) is -1.15. The highest BCUT2D eigenvalue weighted by atomic mass is 19.4. The van der Waals surface area contributed by atoms with Crippen LogP contribution in [0, 0.1) is 5.82 Å². The zero-order valence-corrected chi connectivity index (χ0v) is 15.1. The highest BCUT2D eigenvalue weighted by molar-refractivity contribution is 5.90. The Hall–Kier alpha value is -3.29. The summed E-state index contributed by atoms with van der Waals surface area (Å²) < 4.78 is 52.7. The summed E-state index contributed by atoms with van der Waals surface area (Å²) in [4.78, 5) is 22.1. The SMILES string of the molecule is O=C(c1ncccn1)N1CCc2ccc(-c3ccc(C(F)(F)F)cc3F)cc2C1. The summed E-state index contributed by atoms with van der Waals surface area (Å²) in [5, 5.41) is 0. The average molecular weight is 401 g/mol. The first-order valence-corrected chi connectivity index (χ1v) is 8.88. The molecule has 4 nitrogen and oxygen atoms in total. The summed E-state index contributed by atoms with van der Waals surface area (Å²) in [5.41, 5.74) is 1.34. The number of aromatic nitrogens is 2. The van der Waals surface area contributed by atoms with Crippen molar-refractivity contribution in [2.45, 2.75) is 19.1 Å². The normalized spacial score (nSPS) is 13.9. The van der Waals surface area contributed by atoms with Gasteiger partial charge >= 0.3 is 6.18 Å². The third kappa shape index (κ3) is 3.83. The van der Waals surface area contributed by atoms with Gasteiger partial charge in [0.25, 0.3) is 5.91 Å². The van der Waals surface area contributed by atoms with Crippen LogP contribution < -0.4 is 0 Å². The molecule has 0 fully saturated rings. The van der Waals surface area contributed by atoms with Crippen molar-refractivity contribution in [1.29, 1.82) is 0 Å². The van der Waals surface area contributed by atoms with Crippen LogP contribution in [0.1, 0.15) is 27.3 Å². The molecule has 1 aliphatic heterocycles. The fourth-order valence-electron chi connectivity index (χ4n) is 3.37. The topological polar surface area (TPSA) is 46.1 Å². The zero-order chi connectivity index (χ0) is 20.6. The van der Waals surface area contributed by atoms with E-state index in [4.69, 9.17) is 0 Å². The van der Waals surface area contributed by atoms with Crippen molar-refractivity contribution < 1.29 is 22.4 Å². The summed E-state index contributed by atoms with van der Waals surface area (Å²) in [6.07, 6.45) is -1.01. The number of halogens is 4. The minimum atomic E-state index is -4.60. The molecule has 29 heavy (non-hydrogen) atoms. The maximum Gasteiger partial charge on any atom is 0.416 e. The van der Waals surface area contributed by atoms with Gasteiger partial charge in [0.15, 0.2) is 0 Å². The first-order valence-electron chi connectivity index (χ1n) is 8.88. The number of nitrogens with zero attached hydrogens (tertiary/aromatic N) is 3. The van der Waals surface area contributed by atoms with E-state index < -0.39 is 17.6 Å². The van der Waals surface area contributed by atoms with Gasteiger partial charge in [-0.1, -0.05) is 18.2 Å². The molecule has 0 aliphatic carbocycles. The molecule has 1 amide bonds. The lowest BCUT2D eigenvalue weighted by molar-refractivity contribution is -0.137. The lowest BCUT2D eigenvalue weighted by Gasteiger charge is -2.28. The molecular weight excluding hydrogens is 386 g/mol. The van der Waals surface area contributed by atoms with Crippen molar-refractivity contribution >= 4 is 5.91 Å². The van der Waals surface area contributed by atoms with E-state index >= 15 is 0 Å². The zero-order valence-electron chi connectivity index (χ0n) is 15.1. The Balaban J connectivity index is 1.62. The van der Waals surface area contributed by atoms with Gasteiger partial charge in [-0.25, -0.2) is 14.4 Å². The number of alkyl halides is 3. The molecule has 0 radical (unpaired) electrons. The van der Waals surface area contributed by atoms with E-state index in [1.807, 2.05) is 6.07 Å². The van der Waals surface area contributed by atoms with Crippen LogP contribution in [0.15, 0.2) is 54.9 Å². The smallest absolute Gasteiger partial charge is 0.331 e. The molecular formula is C21H15F4N3O. The number of carbonyl (C=O) groups excluding carboxylic acids is 1. The van der Waals surface area contributed by atoms with Crippen LogP contribution >= 0.6 is 0 Å². The van der Waals surface area contributed by atoms with Gasteiger partial charge in [0.2, 0.25) is 5.82 Å². The fraction of sp³-hybridized carbons (Fsp3) is 0.190. The van der Waals surface area contributed by atoms with E-state index in [1.165, 1.54) is 12.4 Å². The molecule has 0 saturated heterocycles. The lowest BCUT2D eigenvalue weighted by atomic mass is 9.94. The predicted octanol–water partition coefficient (Wildman–Crippen LogP) is 4.50. The Bertz CT molecular complexity index is 1070. The number of hydrogen-bond donors (Lipinski definition) is 0. The Morgan fingerprint density at radius 1 is 1.00 bits per heavy atom. The maximum atomic E-state index is 14.3. The number of carbonyl (C=O) groups is 1. The number of fused-ring (bicyclic) bond motifs is 1. The molecule has 4 rings (SSSR count). The molecule has 0 unspecified atom stereocenters. The Kier molecular flexibility index (Phi) is 4.77. The van der Waals surface area contributed by atoms with E-state index in [0.29, 0.717) is 31.1 Å². The number of rotatable bonds is 2. The summed E-state index contributed by atoms with van der Waals surface area (Å²) in [6, 6.07) is 9.33. The van der Waals surface area contributed by atoms with Crippen LogP contribution in [0.3, 0.4) is 0 Å². The van der Waals surface area contributed by atoms with Crippen LogP contribution in [0.25, 0.3) is 11.1 Å². The van der Waals surface area contributed by atoms with Crippen LogP contribution in [-0.2, 0) is 19.1 Å². The molecule has 0 N–H and O–H groups in total. The third-order valence-corrected chi connectivity index (χ3v) is 4.87. The Morgan fingerprint density at radius 2 is 1.76 bits per heavy atom. The summed E-state index contributed by atoms with van der Waals surface area (Å²) in [7, 11) is 0. The van der Waals surface area contributed by atoms with Crippen LogP contribution in [0.4, 0.5) is 17.6 Å². The summed E-state index contributed by atoms with van der Waals surface area (Å²) in [6.45, 7) is 0.792. The molecule has 148 valence electrons. The average Bonchev–Trinajstić information content (AvgIpc) is 2.72. The number of benzene rings is 2. The molecule has 0 bridgehead atoms. The van der Waals surface area contributed by atoms with Crippen molar-refractivity contribution in [2.24, 2.45) is 0 Å². The van der Waals surface area contributed by atoms with Crippen molar-refractivity contribution in [3.8, 4) is 11.1 Å². The van der Waals surface area contributed by atoms with Crippen molar-refractivity contribution in [3.63, 3.8) is 0 Å². The standard InChI is InChI=1S/C21H15F4N3O/c22-18-11-16(21(23,24)25)4-5-17(18)14-3-2-13-6-9-28(12-15(13)10-14)20(29)19-26-7-1-8-27-19/h1-5,7-8,10-11H,6,9,12H2. The van der Waals surface area contributed by atoms with Crippen molar-refractivity contribution in [1.82, 2.24) is 14.9 Å². The van der Waals surface area contributed by atoms with Gasteiger partial charge in [-0.05, 0) is 47.4 Å². The van der Waals surface area contributed by atoms with E-state index in [-0.39, 0.29) is 17.3 Å². The second-order valence-electron chi connectivity index (χ2n) is 6.72. The third-order valence-electron chi connectivity index (χ3n) is 4.87. The molecule has 2 heterocycles. The molecule has 1 aliphatic rings. The second-order valence-corrected chi connectivity index (χ2v) is 6.72. The Morgan fingerprint density at radius 3 is 2.45 bits per heavy atom. The predicted molar refractivity (Wildman–Crippen MR) is 97.3 cm³/mol. The van der Waals surface area contributed by atoms with Gasteiger partial charge in [-0.3, -0.25) is 4.79 Å². The maximum absolute atomic E-state index is 14.3. The van der Waals surface area contributed by atoms with Crippen LogP contribution in [0.2, 0.25) is 0 Å². The molecule has 8 heteroatoms. The van der Waals surface area contributed by atoms with Crippen LogP contribution in [-0.4, -0.2) is 27.3 Å². The van der Waals surface area contributed by atoms with Gasteiger partial charge in [0.1, 0.15) is 5.82 Å². The molecule has 3 aromatic rings. The highest BCUT2D eigenvalue weighted by Gasteiger charge is 2.31. The minimum Gasteiger partial charge on any atom is -0.331 e. The van der Waals surface area contributed by atoms with Crippen LogP contribution in [0.5, 0.6) is 0 Å². The van der Waals surface area contributed by atoms with Crippen molar-refractivity contribution in [3.05, 3.63) is 83.2 Å². The van der Waals surface area contributed by atoms with Crippen molar-refractivity contribution in [2.75, 3.05) is 6.54 Å². The van der Waals surface area contributed by atoms with Gasteiger partial charge < -0.3 is 4.90 Å².